The first-order valence-corrected chi connectivity index (χ1v) is 6.57. The molecule has 1 aromatic heterocycles. The molecule has 0 spiro atoms. The topological polar surface area (TPSA) is 75.0 Å². The minimum absolute atomic E-state index is 0.151. The zero-order chi connectivity index (χ0) is 13.4. The summed E-state index contributed by atoms with van der Waals surface area (Å²) in [6.45, 7) is 1.40. The van der Waals surface area contributed by atoms with Gasteiger partial charge in [0, 0.05) is 12.5 Å². The molecule has 2 atom stereocenters. The third kappa shape index (κ3) is 2.31. The summed E-state index contributed by atoms with van der Waals surface area (Å²) < 4.78 is 5.33. The third-order valence-electron chi connectivity index (χ3n) is 3.44. The third-order valence-corrected chi connectivity index (χ3v) is 4.05. The number of halogens is 1. The summed E-state index contributed by atoms with van der Waals surface area (Å²) in [5.41, 5.74) is 0.811. The molecule has 2 heterocycles. The minimum atomic E-state index is -0.653. The van der Waals surface area contributed by atoms with E-state index in [1.165, 1.54) is 0 Å². The number of aromatic nitrogens is 2. The molecule has 2 unspecified atom stereocenters. The van der Waals surface area contributed by atoms with Crippen LogP contribution in [0.4, 0.5) is 0 Å². The second-order valence-corrected chi connectivity index (χ2v) is 5.21. The minimum Gasteiger partial charge on any atom is -0.381 e. The standard InChI is InChI=1S/C13H13ClN2O3/c14-11(8-3-4-19-6-8)7-1-2-9-10(5-7)16-13(18)12(17)15-9/h1-2,5,8,11H,3-4,6H2,(H,15,17)(H,16,18). The van der Waals surface area contributed by atoms with Crippen molar-refractivity contribution in [2.45, 2.75) is 11.8 Å². The normalized spacial score (nSPS) is 20.8. The molecule has 2 N–H and O–H groups in total. The van der Waals surface area contributed by atoms with Gasteiger partial charge >= 0.3 is 11.1 Å². The van der Waals surface area contributed by atoms with Gasteiger partial charge in [0.2, 0.25) is 0 Å². The predicted octanol–water partition coefficient (Wildman–Crippen LogP) is 1.53. The van der Waals surface area contributed by atoms with Gasteiger partial charge in [0.1, 0.15) is 0 Å². The maximum atomic E-state index is 11.3. The van der Waals surface area contributed by atoms with Crippen LogP contribution in [0.2, 0.25) is 0 Å². The van der Waals surface area contributed by atoms with E-state index in [9.17, 15) is 9.59 Å². The summed E-state index contributed by atoms with van der Waals surface area (Å²) in [5.74, 6) is 0.286. The summed E-state index contributed by atoms with van der Waals surface area (Å²) >= 11 is 6.44. The van der Waals surface area contributed by atoms with Gasteiger partial charge in [0.15, 0.2) is 0 Å². The number of alkyl halides is 1. The average Bonchev–Trinajstić information content (AvgIpc) is 2.93. The molecule has 5 nitrogen and oxygen atoms in total. The number of H-pyrrole nitrogens is 2. The molecule has 1 aromatic carbocycles. The van der Waals surface area contributed by atoms with Crippen LogP contribution >= 0.6 is 11.6 Å². The Morgan fingerprint density at radius 3 is 2.63 bits per heavy atom. The monoisotopic (exact) mass is 280 g/mol. The lowest BCUT2D eigenvalue weighted by Crippen LogP contribution is -2.28. The smallest absolute Gasteiger partial charge is 0.314 e. The van der Waals surface area contributed by atoms with Crippen LogP contribution in [0, 0.1) is 5.92 Å². The highest BCUT2D eigenvalue weighted by atomic mass is 35.5. The molecule has 6 heteroatoms. The van der Waals surface area contributed by atoms with Crippen molar-refractivity contribution in [2.75, 3.05) is 13.2 Å². The van der Waals surface area contributed by atoms with Gasteiger partial charge in [-0.25, -0.2) is 0 Å². The second-order valence-electron chi connectivity index (χ2n) is 4.74. The van der Waals surface area contributed by atoms with Gasteiger partial charge in [0.05, 0.1) is 23.0 Å². The van der Waals surface area contributed by atoms with Crippen LogP contribution in [0.5, 0.6) is 0 Å². The molecule has 1 aliphatic rings. The molecule has 0 amide bonds. The second kappa shape index (κ2) is 4.83. The highest BCUT2D eigenvalue weighted by Gasteiger charge is 2.25. The number of nitrogens with one attached hydrogen (secondary N) is 2. The van der Waals surface area contributed by atoms with Crippen molar-refractivity contribution in [1.29, 1.82) is 0 Å². The van der Waals surface area contributed by atoms with Crippen molar-refractivity contribution in [1.82, 2.24) is 9.97 Å². The highest BCUT2D eigenvalue weighted by Crippen LogP contribution is 2.34. The summed E-state index contributed by atoms with van der Waals surface area (Å²) in [5, 5.41) is -0.151. The van der Waals surface area contributed by atoms with Crippen molar-refractivity contribution < 1.29 is 4.74 Å². The van der Waals surface area contributed by atoms with Crippen molar-refractivity contribution in [3.05, 3.63) is 44.5 Å². The number of fused-ring (bicyclic) bond motifs is 1. The van der Waals surface area contributed by atoms with E-state index in [1.54, 1.807) is 6.07 Å². The van der Waals surface area contributed by atoms with Gasteiger partial charge in [-0.3, -0.25) is 9.59 Å². The molecule has 0 aliphatic carbocycles. The number of ether oxygens (including phenoxy) is 1. The van der Waals surface area contributed by atoms with Gasteiger partial charge in [-0.05, 0) is 24.1 Å². The quantitative estimate of drug-likeness (QED) is 0.647. The lowest BCUT2D eigenvalue weighted by atomic mass is 9.98. The highest BCUT2D eigenvalue weighted by molar-refractivity contribution is 6.21. The van der Waals surface area contributed by atoms with Gasteiger partial charge in [-0.15, -0.1) is 11.6 Å². The van der Waals surface area contributed by atoms with Crippen LogP contribution in [-0.2, 0) is 4.74 Å². The van der Waals surface area contributed by atoms with E-state index in [2.05, 4.69) is 9.97 Å². The fourth-order valence-electron chi connectivity index (χ4n) is 2.36. The number of hydrogen-bond acceptors (Lipinski definition) is 3. The van der Waals surface area contributed by atoms with Crippen molar-refractivity contribution in [2.24, 2.45) is 5.92 Å². The molecule has 0 bridgehead atoms. The van der Waals surface area contributed by atoms with E-state index in [1.807, 2.05) is 12.1 Å². The van der Waals surface area contributed by atoms with Gasteiger partial charge in [0.25, 0.3) is 0 Å². The molecule has 1 fully saturated rings. The summed E-state index contributed by atoms with van der Waals surface area (Å²) in [4.78, 5) is 27.6. The van der Waals surface area contributed by atoms with Gasteiger partial charge < -0.3 is 14.7 Å². The van der Waals surface area contributed by atoms with Crippen LogP contribution in [0.3, 0.4) is 0 Å². The van der Waals surface area contributed by atoms with E-state index in [0.717, 1.165) is 18.6 Å². The molecule has 1 aliphatic heterocycles. The Morgan fingerprint density at radius 1 is 1.21 bits per heavy atom. The molecule has 0 radical (unpaired) electrons. The van der Waals surface area contributed by atoms with Crippen LogP contribution in [0.15, 0.2) is 27.8 Å². The summed E-state index contributed by atoms with van der Waals surface area (Å²) in [7, 11) is 0. The Bertz CT molecular complexity index is 716. The lowest BCUT2D eigenvalue weighted by molar-refractivity contribution is 0.185. The van der Waals surface area contributed by atoms with Gasteiger partial charge in [-0.2, -0.15) is 0 Å². The molecule has 2 aromatic rings. The molecule has 0 saturated carbocycles. The van der Waals surface area contributed by atoms with Crippen LogP contribution in [0.1, 0.15) is 17.4 Å². The largest absolute Gasteiger partial charge is 0.381 e. The first-order chi connectivity index (χ1) is 9.15. The first kappa shape index (κ1) is 12.4. The summed E-state index contributed by atoms with van der Waals surface area (Å²) in [6.07, 6.45) is 0.939. The van der Waals surface area contributed by atoms with E-state index in [-0.39, 0.29) is 11.3 Å². The fraction of sp³-hybridized carbons (Fsp3) is 0.385. The zero-order valence-corrected chi connectivity index (χ0v) is 10.9. The van der Waals surface area contributed by atoms with Crippen molar-refractivity contribution in [3.8, 4) is 0 Å². The zero-order valence-electron chi connectivity index (χ0n) is 10.1. The van der Waals surface area contributed by atoms with E-state index < -0.39 is 11.1 Å². The first-order valence-electron chi connectivity index (χ1n) is 6.13. The number of aromatic amines is 2. The van der Waals surface area contributed by atoms with E-state index in [0.29, 0.717) is 17.6 Å². The number of benzene rings is 1. The Labute approximate surface area is 113 Å². The Hall–Kier alpha value is -1.59. The number of rotatable bonds is 2. The van der Waals surface area contributed by atoms with Crippen LogP contribution in [0.25, 0.3) is 11.0 Å². The van der Waals surface area contributed by atoms with Crippen LogP contribution < -0.4 is 11.1 Å². The fourth-order valence-corrected chi connectivity index (χ4v) is 2.69. The molecule has 3 rings (SSSR count). The van der Waals surface area contributed by atoms with Gasteiger partial charge in [-0.1, -0.05) is 6.07 Å². The van der Waals surface area contributed by atoms with Crippen LogP contribution in [-0.4, -0.2) is 23.2 Å². The maximum absolute atomic E-state index is 11.3. The number of hydrogen-bond donors (Lipinski definition) is 2. The molecular formula is C13H13ClN2O3. The lowest BCUT2D eigenvalue weighted by Gasteiger charge is -2.16. The van der Waals surface area contributed by atoms with Crippen molar-refractivity contribution in [3.63, 3.8) is 0 Å². The Balaban J connectivity index is 2.03. The van der Waals surface area contributed by atoms with E-state index >= 15 is 0 Å². The molecular weight excluding hydrogens is 268 g/mol. The predicted molar refractivity (Wildman–Crippen MR) is 72.7 cm³/mol. The Kier molecular flexibility index (Phi) is 3.16. The average molecular weight is 281 g/mol. The summed E-state index contributed by atoms with van der Waals surface area (Å²) in [6, 6.07) is 5.43. The Morgan fingerprint density at radius 2 is 1.95 bits per heavy atom. The maximum Gasteiger partial charge on any atom is 0.314 e. The molecule has 1 saturated heterocycles. The molecule has 100 valence electrons. The molecule has 19 heavy (non-hydrogen) atoms. The van der Waals surface area contributed by atoms with Crippen molar-refractivity contribution >= 4 is 22.6 Å². The SMILES string of the molecule is O=c1[nH]c2ccc(C(Cl)C3CCOC3)cc2[nH]c1=O. The van der Waals surface area contributed by atoms with E-state index in [4.69, 9.17) is 16.3 Å².